The molecule has 0 bridgehead atoms. The second-order valence-electron chi connectivity index (χ2n) is 6.98. The van der Waals surface area contributed by atoms with Crippen LogP contribution in [0.3, 0.4) is 0 Å². The Kier molecular flexibility index (Phi) is 6.82. The lowest BCUT2D eigenvalue weighted by molar-refractivity contribution is 0.00132. The highest BCUT2D eigenvalue weighted by molar-refractivity contribution is 5.08. The van der Waals surface area contributed by atoms with Crippen molar-refractivity contribution in [2.24, 2.45) is 35.0 Å². The van der Waals surface area contributed by atoms with Crippen LogP contribution >= 0.6 is 0 Å². The number of hydrogen-bond donors (Lipinski definition) is 0. The molecule has 0 aromatic heterocycles. The molecule has 0 nitrogen and oxygen atoms in total. The molecule has 2 saturated carbocycles. The van der Waals surface area contributed by atoms with Crippen LogP contribution in [0.2, 0.25) is 0 Å². The highest BCUT2D eigenvalue weighted by atomic mass is 14.6. The van der Waals surface area contributed by atoms with Gasteiger partial charge >= 0.3 is 0 Å². The van der Waals surface area contributed by atoms with Gasteiger partial charge in [0, 0.05) is 0 Å². The van der Waals surface area contributed by atoms with Gasteiger partial charge < -0.3 is 0 Å². The fourth-order valence-corrected chi connectivity index (χ4v) is 5.16. The van der Waals surface area contributed by atoms with Gasteiger partial charge in [0.1, 0.15) is 0 Å². The first kappa shape index (κ1) is 17.8. The molecule has 0 aliphatic heterocycles. The van der Waals surface area contributed by atoms with E-state index in [1.165, 1.54) is 32.1 Å². The monoisotopic (exact) mass is 278 g/mol. The first-order chi connectivity index (χ1) is 9.63. The second kappa shape index (κ2) is 7.66. The third-order valence-electron chi connectivity index (χ3n) is 6.49. The van der Waals surface area contributed by atoms with Crippen molar-refractivity contribution < 1.29 is 0 Å². The van der Waals surface area contributed by atoms with Crippen LogP contribution in [0.15, 0.2) is 12.2 Å². The molecule has 0 saturated heterocycles. The lowest BCUT2D eigenvalue weighted by Gasteiger charge is -2.50. The first-order valence-electron chi connectivity index (χ1n) is 9.29. The fourth-order valence-electron chi connectivity index (χ4n) is 5.16. The molecule has 0 radical (unpaired) electrons. The highest BCUT2D eigenvalue weighted by Gasteiger charge is 2.52. The predicted molar refractivity (Wildman–Crippen MR) is 91.8 cm³/mol. The molecule has 0 aromatic carbocycles. The van der Waals surface area contributed by atoms with Crippen LogP contribution in [0.5, 0.6) is 0 Å². The number of hydrogen-bond acceptors (Lipinski definition) is 0. The summed E-state index contributed by atoms with van der Waals surface area (Å²) >= 11 is 0. The number of allylic oxidation sites excluding steroid dienone is 2. The van der Waals surface area contributed by atoms with E-state index in [9.17, 15) is 0 Å². The van der Waals surface area contributed by atoms with Crippen molar-refractivity contribution in [3.8, 4) is 0 Å². The molecular formula is C20H38. The Labute approximate surface area is 128 Å². The molecule has 0 aromatic rings. The molecule has 0 heterocycles. The lowest BCUT2D eigenvalue weighted by Crippen LogP contribution is -2.43. The standard InChI is InChI=1S/C16H26.2C2H6/c1-11-5-4-6-14-13(11)9-10-16(3)12(2)7-8-15(14)16;2*1-2/h4-5,11-15H,6-10H2,1-3H3;2*1-2H3. The van der Waals surface area contributed by atoms with Gasteiger partial charge in [-0.3, -0.25) is 0 Å². The Morgan fingerprint density at radius 1 is 0.900 bits per heavy atom. The molecule has 3 aliphatic carbocycles. The van der Waals surface area contributed by atoms with E-state index in [2.05, 4.69) is 32.9 Å². The molecule has 3 aliphatic rings. The maximum Gasteiger partial charge on any atom is -0.0231 e. The maximum atomic E-state index is 2.59. The summed E-state index contributed by atoms with van der Waals surface area (Å²) < 4.78 is 0. The van der Waals surface area contributed by atoms with Gasteiger partial charge in [-0.05, 0) is 67.1 Å². The molecule has 0 amide bonds. The molecule has 118 valence electrons. The van der Waals surface area contributed by atoms with Crippen molar-refractivity contribution in [3.05, 3.63) is 12.2 Å². The topological polar surface area (TPSA) is 0 Å². The molecule has 2 fully saturated rings. The average molecular weight is 279 g/mol. The van der Waals surface area contributed by atoms with Crippen LogP contribution in [0.4, 0.5) is 0 Å². The van der Waals surface area contributed by atoms with E-state index in [0.29, 0.717) is 5.41 Å². The van der Waals surface area contributed by atoms with E-state index >= 15 is 0 Å². The van der Waals surface area contributed by atoms with Crippen LogP contribution in [0.25, 0.3) is 0 Å². The summed E-state index contributed by atoms with van der Waals surface area (Å²) in [5, 5.41) is 0. The minimum Gasteiger partial charge on any atom is -0.0880 e. The summed E-state index contributed by atoms with van der Waals surface area (Å²) in [6.45, 7) is 15.5. The van der Waals surface area contributed by atoms with Crippen molar-refractivity contribution in [2.45, 2.75) is 80.6 Å². The van der Waals surface area contributed by atoms with E-state index in [-0.39, 0.29) is 0 Å². The predicted octanol–water partition coefficient (Wildman–Crippen LogP) is 6.71. The van der Waals surface area contributed by atoms with E-state index in [4.69, 9.17) is 0 Å². The van der Waals surface area contributed by atoms with E-state index in [1.807, 2.05) is 27.7 Å². The van der Waals surface area contributed by atoms with Gasteiger partial charge in [0.2, 0.25) is 0 Å². The van der Waals surface area contributed by atoms with Gasteiger partial charge in [-0.25, -0.2) is 0 Å². The smallest absolute Gasteiger partial charge is 0.0231 e. The summed E-state index contributed by atoms with van der Waals surface area (Å²) in [6, 6.07) is 0. The van der Waals surface area contributed by atoms with Gasteiger partial charge in [-0.1, -0.05) is 60.6 Å². The van der Waals surface area contributed by atoms with Gasteiger partial charge in [-0.2, -0.15) is 0 Å². The zero-order chi connectivity index (χ0) is 15.3. The van der Waals surface area contributed by atoms with Crippen LogP contribution < -0.4 is 0 Å². The zero-order valence-electron chi connectivity index (χ0n) is 15.1. The molecule has 0 N–H and O–H groups in total. The Hall–Kier alpha value is -0.260. The first-order valence-corrected chi connectivity index (χ1v) is 9.29. The van der Waals surface area contributed by atoms with E-state index in [0.717, 1.165) is 29.6 Å². The maximum absolute atomic E-state index is 2.59. The fraction of sp³-hybridized carbons (Fsp3) is 0.900. The molecule has 20 heavy (non-hydrogen) atoms. The summed E-state index contributed by atoms with van der Waals surface area (Å²) in [7, 11) is 0. The third-order valence-corrected chi connectivity index (χ3v) is 6.49. The SMILES string of the molecule is CC.CC.CC1C=CCC2C1CCC1(C)C(C)CCC21. The van der Waals surface area contributed by atoms with Crippen LogP contribution in [0.1, 0.15) is 80.6 Å². The third kappa shape index (κ3) is 3.00. The minimum atomic E-state index is 0.687. The number of fused-ring (bicyclic) bond motifs is 3. The van der Waals surface area contributed by atoms with Crippen molar-refractivity contribution >= 4 is 0 Å². The van der Waals surface area contributed by atoms with Crippen LogP contribution in [0, 0.1) is 35.0 Å². The minimum absolute atomic E-state index is 0.687. The molecule has 0 spiro atoms. The Morgan fingerprint density at radius 2 is 1.55 bits per heavy atom. The van der Waals surface area contributed by atoms with Crippen molar-refractivity contribution in [3.63, 3.8) is 0 Å². The van der Waals surface area contributed by atoms with Crippen molar-refractivity contribution in [2.75, 3.05) is 0 Å². The van der Waals surface area contributed by atoms with E-state index in [1.54, 1.807) is 0 Å². The zero-order valence-corrected chi connectivity index (χ0v) is 15.1. The largest absolute Gasteiger partial charge is 0.0880 e. The van der Waals surface area contributed by atoms with Crippen molar-refractivity contribution in [1.29, 1.82) is 0 Å². The molecule has 3 rings (SSSR count). The van der Waals surface area contributed by atoms with Crippen LogP contribution in [-0.4, -0.2) is 0 Å². The molecule has 0 heteroatoms. The van der Waals surface area contributed by atoms with Gasteiger partial charge in [0.25, 0.3) is 0 Å². The van der Waals surface area contributed by atoms with E-state index < -0.39 is 0 Å². The lowest BCUT2D eigenvalue weighted by atomic mass is 9.54. The average Bonchev–Trinajstić information content (AvgIpc) is 2.80. The van der Waals surface area contributed by atoms with Gasteiger partial charge in [0.15, 0.2) is 0 Å². The molecule has 6 unspecified atom stereocenters. The Morgan fingerprint density at radius 3 is 2.20 bits per heavy atom. The number of rotatable bonds is 0. The van der Waals surface area contributed by atoms with Crippen molar-refractivity contribution in [1.82, 2.24) is 0 Å². The van der Waals surface area contributed by atoms with Gasteiger partial charge in [-0.15, -0.1) is 0 Å². The quantitative estimate of drug-likeness (QED) is 0.432. The Balaban J connectivity index is 0.000000461. The summed E-state index contributed by atoms with van der Waals surface area (Å²) in [5.41, 5.74) is 0.687. The van der Waals surface area contributed by atoms with Gasteiger partial charge in [0.05, 0.1) is 0 Å². The summed E-state index contributed by atoms with van der Waals surface area (Å²) in [6.07, 6.45) is 12.3. The summed E-state index contributed by atoms with van der Waals surface area (Å²) in [5.74, 6) is 4.88. The second-order valence-corrected chi connectivity index (χ2v) is 6.98. The highest BCUT2D eigenvalue weighted by Crippen LogP contribution is 2.61. The normalized spacial score (nSPS) is 45.2. The van der Waals surface area contributed by atoms with Crippen LogP contribution in [-0.2, 0) is 0 Å². The molecule has 6 atom stereocenters. The summed E-state index contributed by atoms with van der Waals surface area (Å²) in [4.78, 5) is 0. The molecular weight excluding hydrogens is 240 g/mol. The Bertz CT molecular complexity index is 303.